The largest absolute Gasteiger partial charge is 0.497 e. The Morgan fingerprint density at radius 2 is 1.88 bits per heavy atom. The molecule has 0 saturated carbocycles. The van der Waals surface area contributed by atoms with Crippen molar-refractivity contribution in [3.63, 3.8) is 0 Å². The van der Waals surface area contributed by atoms with E-state index in [1.165, 1.54) is 7.11 Å². The van der Waals surface area contributed by atoms with Gasteiger partial charge in [0.25, 0.3) is 0 Å². The van der Waals surface area contributed by atoms with Crippen LogP contribution in [-0.4, -0.2) is 40.9 Å². The van der Waals surface area contributed by atoms with Crippen molar-refractivity contribution in [1.29, 1.82) is 0 Å². The van der Waals surface area contributed by atoms with Gasteiger partial charge in [0, 0.05) is 25.7 Å². The number of ether oxygens (including phenoxy) is 2. The predicted octanol–water partition coefficient (Wildman–Crippen LogP) is 2.94. The third-order valence-electron chi connectivity index (χ3n) is 3.60. The first-order chi connectivity index (χ1) is 12.5. The van der Waals surface area contributed by atoms with Gasteiger partial charge in [0.05, 0.1) is 32.1 Å². The summed E-state index contributed by atoms with van der Waals surface area (Å²) in [6.07, 6.45) is 0. The van der Waals surface area contributed by atoms with Gasteiger partial charge in [-0.1, -0.05) is 24.0 Å². The molecule has 0 aliphatic heterocycles. The molecule has 0 heterocycles. The Morgan fingerprint density at radius 3 is 2.58 bits per heavy atom. The van der Waals surface area contributed by atoms with Crippen molar-refractivity contribution < 1.29 is 14.3 Å². The number of rotatable bonds is 5. The number of nitrogens with one attached hydrogen (secondary N) is 2. The molecule has 136 valence electrons. The summed E-state index contributed by atoms with van der Waals surface area (Å²) < 4.78 is 10.4. The van der Waals surface area contributed by atoms with E-state index in [9.17, 15) is 4.79 Å². The SMILES string of the molecule is COc1ccc(NC(=O)NCC#Cc2ccccc2N(C)C)c(OC)c1. The summed E-state index contributed by atoms with van der Waals surface area (Å²) in [5.74, 6) is 7.21. The molecule has 0 aliphatic carbocycles. The summed E-state index contributed by atoms with van der Waals surface area (Å²) in [5.41, 5.74) is 2.50. The minimum atomic E-state index is -0.358. The molecule has 0 spiro atoms. The monoisotopic (exact) mass is 353 g/mol. The van der Waals surface area contributed by atoms with Gasteiger partial charge < -0.3 is 25.0 Å². The molecule has 6 heteroatoms. The molecule has 0 saturated heterocycles. The van der Waals surface area contributed by atoms with Crippen molar-refractivity contribution in [2.45, 2.75) is 0 Å². The number of urea groups is 1. The van der Waals surface area contributed by atoms with Gasteiger partial charge in [0.2, 0.25) is 0 Å². The molecule has 0 aliphatic rings. The molecule has 0 unspecified atom stereocenters. The standard InChI is InChI=1S/C20H23N3O3/c1-23(2)18-10-6-5-8-15(18)9-7-13-21-20(24)22-17-12-11-16(25-3)14-19(17)26-4/h5-6,8,10-12,14H,13H2,1-4H3,(H2,21,22,24). The third-order valence-corrected chi connectivity index (χ3v) is 3.60. The van der Waals surface area contributed by atoms with E-state index >= 15 is 0 Å². The number of benzene rings is 2. The topological polar surface area (TPSA) is 62.8 Å². The smallest absolute Gasteiger partial charge is 0.320 e. The molecule has 26 heavy (non-hydrogen) atoms. The molecule has 2 aromatic rings. The van der Waals surface area contributed by atoms with Crippen LogP contribution in [0.1, 0.15) is 5.56 Å². The second-order valence-corrected chi connectivity index (χ2v) is 5.59. The van der Waals surface area contributed by atoms with Crippen molar-refractivity contribution in [2.24, 2.45) is 0 Å². The Kier molecular flexibility index (Phi) is 6.75. The lowest BCUT2D eigenvalue weighted by atomic mass is 10.1. The minimum absolute atomic E-state index is 0.228. The van der Waals surface area contributed by atoms with Gasteiger partial charge in [-0.2, -0.15) is 0 Å². The minimum Gasteiger partial charge on any atom is -0.497 e. The highest BCUT2D eigenvalue weighted by atomic mass is 16.5. The lowest BCUT2D eigenvalue weighted by Gasteiger charge is -2.14. The first-order valence-corrected chi connectivity index (χ1v) is 8.07. The van der Waals surface area contributed by atoms with Crippen molar-refractivity contribution in [3.05, 3.63) is 48.0 Å². The van der Waals surface area contributed by atoms with Crippen LogP contribution in [0.2, 0.25) is 0 Å². The number of nitrogens with zero attached hydrogens (tertiary/aromatic N) is 1. The van der Waals surface area contributed by atoms with Gasteiger partial charge in [-0.25, -0.2) is 4.79 Å². The van der Waals surface area contributed by atoms with Crippen LogP contribution in [0.4, 0.5) is 16.2 Å². The number of para-hydroxylation sites is 1. The van der Waals surface area contributed by atoms with E-state index in [1.807, 2.05) is 43.3 Å². The summed E-state index contributed by atoms with van der Waals surface area (Å²) in [7, 11) is 7.04. The Morgan fingerprint density at radius 1 is 1.12 bits per heavy atom. The van der Waals surface area contributed by atoms with Crippen molar-refractivity contribution in [2.75, 3.05) is 45.1 Å². The molecule has 0 radical (unpaired) electrons. The number of hydrogen-bond acceptors (Lipinski definition) is 4. The summed E-state index contributed by atoms with van der Waals surface area (Å²) in [6, 6.07) is 12.7. The van der Waals surface area contributed by atoms with E-state index in [0.717, 1.165) is 11.3 Å². The maximum Gasteiger partial charge on any atom is 0.320 e. The molecule has 2 aromatic carbocycles. The van der Waals surface area contributed by atoms with Crippen LogP contribution in [0.5, 0.6) is 11.5 Å². The number of amides is 2. The molecule has 0 bridgehead atoms. The van der Waals surface area contributed by atoms with Gasteiger partial charge in [0.15, 0.2) is 0 Å². The van der Waals surface area contributed by atoms with Gasteiger partial charge in [-0.05, 0) is 24.3 Å². The van der Waals surface area contributed by atoms with Crippen molar-refractivity contribution in [1.82, 2.24) is 5.32 Å². The van der Waals surface area contributed by atoms with E-state index in [2.05, 4.69) is 22.5 Å². The number of carbonyl (C=O) groups is 1. The van der Waals surface area contributed by atoms with Crippen LogP contribution in [-0.2, 0) is 0 Å². The third kappa shape index (κ3) is 5.08. The van der Waals surface area contributed by atoms with Crippen LogP contribution < -0.4 is 25.0 Å². The van der Waals surface area contributed by atoms with Gasteiger partial charge in [-0.3, -0.25) is 0 Å². The molecule has 2 rings (SSSR count). The molecular weight excluding hydrogens is 330 g/mol. The van der Waals surface area contributed by atoms with E-state index in [4.69, 9.17) is 9.47 Å². The van der Waals surface area contributed by atoms with Crippen molar-refractivity contribution >= 4 is 17.4 Å². The van der Waals surface area contributed by atoms with E-state index in [0.29, 0.717) is 17.2 Å². The van der Waals surface area contributed by atoms with Crippen LogP contribution >= 0.6 is 0 Å². The molecule has 0 atom stereocenters. The Hall–Kier alpha value is -3.33. The first kappa shape index (κ1) is 19.0. The van der Waals surface area contributed by atoms with E-state index < -0.39 is 0 Å². The number of hydrogen-bond donors (Lipinski definition) is 2. The normalized spacial score (nSPS) is 9.54. The predicted molar refractivity (Wildman–Crippen MR) is 104 cm³/mol. The Balaban J connectivity index is 1.95. The number of carbonyl (C=O) groups excluding carboxylic acids is 1. The molecule has 2 amide bonds. The zero-order valence-electron chi connectivity index (χ0n) is 15.4. The summed E-state index contributed by atoms with van der Waals surface area (Å²) >= 11 is 0. The van der Waals surface area contributed by atoms with Crippen LogP contribution in [0.3, 0.4) is 0 Å². The lowest BCUT2D eigenvalue weighted by molar-refractivity contribution is 0.253. The Bertz CT molecular complexity index is 823. The molecule has 6 nitrogen and oxygen atoms in total. The summed E-state index contributed by atoms with van der Waals surface area (Å²) in [4.78, 5) is 14.0. The zero-order chi connectivity index (χ0) is 18.9. The molecular formula is C20H23N3O3. The second-order valence-electron chi connectivity index (χ2n) is 5.59. The van der Waals surface area contributed by atoms with Gasteiger partial charge >= 0.3 is 6.03 Å². The highest BCUT2D eigenvalue weighted by molar-refractivity contribution is 5.91. The molecule has 0 aromatic heterocycles. The first-order valence-electron chi connectivity index (χ1n) is 8.07. The lowest BCUT2D eigenvalue weighted by Crippen LogP contribution is -2.29. The van der Waals surface area contributed by atoms with Crippen LogP contribution in [0.15, 0.2) is 42.5 Å². The number of anilines is 2. The molecule has 2 N–H and O–H groups in total. The quantitative estimate of drug-likeness (QED) is 0.812. The maximum absolute atomic E-state index is 12.0. The average Bonchev–Trinajstić information content (AvgIpc) is 2.65. The Labute approximate surface area is 154 Å². The van der Waals surface area contributed by atoms with Crippen molar-refractivity contribution in [3.8, 4) is 23.3 Å². The maximum atomic E-state index is 12.0. The van der Waals surface area contributed by atoms with Gasteiger partial charge in [-0.15, -0.1) is 0 Å². The fourth-order valence-electron chi connectivity index (χ4n) is 2.30. The summed E-state index contributed by atoms with van der Waals surface area (Å²) in [5, 5.41) is 5.44. The zero-order valence-corrected chi connectivity index (χ0v) is 15.4. The van der Waals surface area contributed by atoms with Crippen LogP contribution in [0.25, 0.3) is 0 Å². The van der Waals surface area contributed by atoms with E-state index in [-0.39, 0.29) is 12.6 Å². The van der Waals surface area contributed by atoms with E-state index in [1.54, 1.807) is 25.3 Å². The van der Waals surface area contributed by atoms with Crippen LogP contribution in [0, 0.1) is 11.8 Å². The highest BCUT2D eigenvalue weighted by Crippen LogP contribution is 2.28. The average molecular weight is 353 g/mol. The number of methoxy groups -OCH3 is 2. The van der Waals surface area contributed by atoms with Gasteiger partial charge in [0.1, 0.15) is 11.5 Å². The second kappa shape index (κ2) is 9.23. The molecule has 0 fully saturated rings. The highest BCUT2D eigenvalue weighted by Gasteiger charge is 2.08. The summed E-state index contributed by atoms with van der Waals surface area (Å²) in [6.45, 7) is 0.228. The fraction of sp³-hybridized carbons (Fsp3) is 0.250. The fourth-order valence-corrected chi connectivity index (χ4v) is 2.30.